The van der Waals surface area contributed by atoms with Crippen molar-refractivity contribution in [1.82, 2.24) is 9.55 Å². The van der Waals surface area contributed by atoms with Gasteiger partial charge in [0, 0.05) is 11.7 Å². The molecule has 2 aromatic carbocycles. The van der Waals surface area contributed by atoms with Crippen LogP contribution in [0.15, 0.2) is 42.5 Å². The van der Waals surface area contributed by atoms with Gasteiger partial charge in [-0.25, -0.2) is 9.78 Å². The summed E-state index contributed by atoms with van der Waals surface area (Å²) in [5, 5.41) is 12.5. The molecule has 32 heavy (non-hydrogen) atoms. The summed E-state index contributed by atoms with van der Waals surface area (Å²) < 4.78 is 40.8. The number of hydrogen-bond donors (Lipinski definition) is 2. The highest BCUT2D eigenvalue weighted by atomic mass is 19.4. The average molecular weight is 445 g/mol. The molecule has 2 N–H and O–H groups in total. The van der Waals surface area contributed by atoms with Gasteiger partial charge in [-0.05, 0) is 73.1 Å². The Morgan fingerprint density at radius 2 is 1.84 bits per heavy atom. The second kappa shape index (κ2) is 7.83. The van der Waals surface area contributed by atoms with Crippen molar-refractivity contribution < 1.29 is 23.1 Å². The summed E-state index contributed by atoms with van der Waals surface area (Å²) in [5.74, 6) is -0.0401. The molecule has 0 aliphatic heterocycles. The number of carboxylic acid groups (broad SMARTS) is 1. The summed E-state index contributed by atoms with van der Waals surface area (Å²) in [6, 6.07) is 9.80. The van der Waals surface area contributed by atoms with Gasteiger partial charge in [0.15, 0.2) is 0 Å². The lowest BCUT2D eigenvalue weighted by Gasteiger charge is -2.40. The first-order valence-electron chi connectivity index (χ1n) is 10.6. The minimum absolute atomic E-state index is 0.131. The van der Waals surface area contributed by atoms with Crippen molar-refractivity contribution in [2.24, 2.45) is 11.3 Å². The van der Waals surface area contributed by atoms with Gasteiger partial charge >= 0.3 is 12.1 Å². The Bertz CT molecular complexity index is 1150. The normalized spacial score (nSPS) is 20.9. The van der Waals surface area contributed by atoms with Crippen LogP contribution < -0.4 is 5.32 Å². The van der Waals surface area contributed by atoms with Crippen LogP contribution >= 0.6 is 0 Å². The van der Waals surface area contributed by atoms with Crippen LogP contribution in [0.2, 0.25) is 0 Å². The molecule has 1 heterocycles. The molecule has 1 saturated carbocycles. The fourth-order valence-electron chi connectivity index (χ4n) is 5.05. The SMILES string of the molecule is C[C@H]1C[C@@H](n2c(Nc3ccc(C(F)(F)F)cc3)nc3cc(C(=O)O)ccc32)CC(C)(C)C1. The average Bonchev–Trinajstić information content (AvgIpc) is 3.03. The number of nitrogens with one attached hydrogen (secondary N) is 1. The quantitative estimate of drug-likeness (QED) is 0.459. The van der Waals surface area contributed by atoms with E-state index in [0.29, 0.717) is 23.1 Å². The molecule has 0 unspecified atom stereocenters. The lowest BCUT2D eigenvalue weighted by Crippen LogP contribution is -2.29. The van der Waals surface area contributed by atoms with Gasteiger partial charge in [-0.3, -0.25) is 0 Å². The number of nitrogens with zero attached hydrogens (tertiary/aromatic N) is 2. The number of imidazole rings is 1. The minimum atomic E-state index is -4.40. The predicted octanol–water partition coefficient (Wildman–Crippen LogP) is 6.88. The Hall–Kier alpha value is -3.03. The van der Waals surface area contributed by atoms with Crippen molar-refractivity contribution in [2.45, 2.75) is 52.3 Å². The first kappa shape index (κ1) is 22.2. The highest BCUT2D eigenvalue weighted by Gasteiger charge is 2.35. The van der Waals surface area contributed by atoms with Gasteiger partial charge in [0.05, 0.1) is 22.2 Å². The van der Waals surface area contributed by atoms with Gasteiger partial charge in [0.25, 0.3) is 0 Å². The number of carbonyl (C=O) groups is 1. The van der Waals surface area contributed by atoms with Gasteiger partial charge < -0.3 is 15.0 Å². The number of benzene rings is 2. The van der Waals surface area contributed by atoms with Crippen molar-refractivity contribution in [3.05, 3.63) is 53.6 Å². The summed E-state index contributed by atoms with van der Waals surface area (Å²) in [5.41, 5.74) is 1.38. The van der Waals surface area contributed by atoms with Crippen LogP contribution in [-0.2, 0) is 6.18 Å². The number of alkyl halides is 3. The van der Waals surface area contributed by atoms with Gasteiger partial charge in [-0.2, -0.15) is 13.2 Å². The van der Waals surface area contributed by atoms with Crippen LogP contribution in [0.4, 0.5) is 24.8 Å². The standard InChI is InChI=1S/C24H26F3N3O2/c1-14-10-18(13-23(2,3)12-14)30-20-9-4-15(21(31)32)11-19(20)29-22(30)28-17-7-5-16(6-8-17)24(25,26)27/h4-9,11,14,18H,10,12-13H2,1-3H3,(H,28,29)(H,31,32)/t14-,18+/m0/s1. The fraction of sp³-hybridized carbons (Fsp3) is 0.417. The fourth-order valence-corrected chi connectivity index (χ4v) is 5.05. The zero-order chi connectivity index (χ0) is 23.3. The molecule has 0 saturated heterocycles. The summed E-state index contributed by atoms with van der Waals surface area (Å²) in [7, 11) is 0. The minimum Gasteiger partial charge on any atom is -0.478 e. The molecule has 0 spiro atoms. The second-order valence-corrected chi connectivity index (χ2v) is 9.58. The monoisotopic (exact) mass is 445 g/mol. The summed E-state index contributed by atoms with van der Waals surface area (Å²) in [4.78, 5) is 16.1. The number of carboxylic acids is 1. The number of hydrogen-bond acceptors (Lipinski definition) is 3. The van der Waals surface area contributed by atoms with Crippen LogP contribution in [0.3, 0.4) is 0 Å². The van der Waals surface area contributed by atoms with E-state index in [4.69, 9.17) is 0 Å². The highest BCUT2D eigenvalue weighted by Crippen LogP contribution is 2.46. The van der Waals surface area contributed by atoms with Crippen LogP contribution in [0.25, 0.3) is 11.0 Å². The van der Waals surface area contributed by atoms with Crippen LogP contribution in [0.1, 0.15) is 62.0 Å². The zero-order valence-corrected chi connectivity index (χ0v) is 18.2. The number of anilines is 2. The molecule has 0 bridgehead atoms. The first-order valence-corrected chi connectivity index (χ1v) is 10.6. The Kier molecular flexibility index (Phi) is 5.43. The smallest absolute Gasteiger partial charge is 0.416 e. The van der Waals surface area contributed by atoms with E-state index in [0.717, 1.165) is 36.9 Å². The molecular formula is C24H26F3N3O2. The van der Waals surface area contributed by atoms with Crippen molar-refractivity contribution in [1.29, 1.82) is 0 Å². The topological polar surface area (TPSA) is 67.2 Å². The summed E-state index contributed by atoms with van der Waals surface area (Å²) >= 11 is 0. The van der Waals surface area contributed by atoms with E-state index in [1.54, 1.807) is 12.1 Å². The summed E-state index contributed by atoms with van der Waals surface area (Å²) in [6.45, 7) is 6.69. The highest BCUT2D eigenvalue weighted by molar-refractivity contribution is 5.93. The molecule has 2 atom stereocenters. The number of fused-ring (bicyclic) bond motifs is 1. The van der Waals surface area contributed by atoms with Gasteiger partial charge in [-0.1, -0.05) is 20.8 Å². The van der Waals surface area contributed by atoms with E-state index in [2.05, 4.69) is 35.6 Å². The lowest BCUT2D eigenvalue weighted by atomic mass is 9.70. The van der Waals surface area contributed by atoms with Gasteiger partial charge in [0.2, 0.25) is 5.95 Å². The van der Waals surface area contributed by atoms with E-state index in [1.165, 1.54) is 18.2 Å². The molecule has 5 nitrogen and oxygen atoms in total. The molecule has 4 rings (SSSR count). The van der Waals surface area contributed by atoms with E-state index < -0.39 is 17.7 Å². The molecule has 1 aromatic heterocycles. The van der Waals surface area contributed by atoms with Crippen molar-refractivity contribution >= 4 is 28.6 Å². The molecular weight excluding hydrogens is 419 g/mol. The van der Waals surface area contributed by atoms with Gasteiger partial charge in [-0.15, -0.1) is 0 Å². The molecule has 1 aliphatic rings. The zero-order valence-electron chi connectivity index (χ0n) is 18.2. The molecule has 0 radical (unpaired) electrons. The predicted molar refractivity (Wildman–Crippen MR) is 117 cm³/mol. The summed E-state index contributed by atoms with van der Waals surface area (Å²) in [6.07, 6.45) is -1.42. The maximum absolute atomic E-state index is 12.9. The first-order chi connectivity index (χ1) is 14.9. The van der Waals surface area contributed by atoms with Crippen LogP contribution in [0, 0.1) is 11.3 Å². The molecule has 0 amide bonds. The third-order valence-electron chi connectivity index (χ3n) is 6.13. The van der Waals surface area contributed by atoms with Gasteiger partial charge in [0.1, 0.15) is 0 Å². The Labute approximate surface area is 184 Å². The van der Waals surface area contributed by atoms with E-state index in [1.807, 2.05) is 0 Å². The van der Waals surface area contributed by atoms with Crippen molar-refractivity contribution in [3.8, 4) is 0 Å². The van der Waals surface area contributed by atoms with Crippen molar-refractivity contribution in [3.63, 3.8) is 0 Å². The number of rotatable bonds is 4. The number of aromatic carboxylic acids is 1. The number of halogens is 3. The number of aromatic nitrogens is 2. The van der Waals surface area contributed by atoms with Crippen molar-refractivity contribution in [2.75, 3.05) is 5.32 Å². The lowest BCUT2D eigenvalue weighted by molar-refractivity contribution is -0.137. The van der Waals surface area contributed by atoms with E-state index in [9.17, 15) is 23.1 Å². The largest absolute Gasteiger partial charge is 0.478 e. The molecule has 8 heteroatoms. The van der Waals surface area contributed by atoms with Crippen LogP contribution in [0.5, 0.6) is 0 Å². The second-order valence-electron chi connectivity index (χ2n) is 9.58. The van der Waals surface area contributed by atoms with E-state index in [-0.39, 0.29) is 17.0 Å². The molecule has 3 aromatic rings. The van der Waals surface area contributed by atoms with Crippen LogP contribution in [-0.4, -0.2) is 20.6 Å². The molecule has 1 aliphatic carbocycles. The Balaban J connectivity index is 1.78. The Morgan fingerprint density at radius 3 is 2.44 bits per heavy atom. The van der Waals surface area contributed by atoms with E-state index >= 15 is 0 Å². The molecule has 170 valence electrons. The Morgan fingerprint density at radius 1 is 1.16 bits per heavy atom. The maximum atomic E-state index is 12.9. The third-order valence-corrected chi connectivity index (χ3v) is 6.13. The maximum Gasteiger partial charge on any atom is 0.416 e. The third kappa shape index (κ3) is 4.45. The molecule has 1 fully saturated rings.